The van der Waals surface area contributed by atoms with E-state index >= 15 is 0 Å². The number of rotatable bonds is 1. The van der Waals surface area contributed by atoms with Crippen LogP contribution in [0.4, 0.5) is 0 Å². The van der Waals surface area contributed by atoms with E-state index in [0.29, 0.717) is 5.88 Å². The standard InChI is InChI=1S/C4H12N2OS/c1-5-8(7)3-2-6-4-8/h6,8H,2-4H2,1H3,(H,5,7). The van der Waals surface area contributed by atoms with Crippen molar-refractivity contribution in [2.24, 2.45) is 0 Å². The molecule has 0 atom stereocenters. The van der Waals surface area contributed by atoms with Crippen molar-refractivity contribution in [3.63, 3.8) is 0 Å². The van der Waals surface area contributed by atoms with Crippen LogP contribution in [0.2, 0.25) is 0 Å². The molecular formula is C4H12N2OS. The first-order valence-corrected chi connectivity index (χ1v) is 4.82. The van der Waals surface area contributed by atoms with Crippen molar-refractivity contribution in [2.75, 3.05) is 25.2 Å². The second-order valence-electron chi connectivity index (χ2n) is 1.99. The van der Waals surface area contributed by atoms with Crippen LogP contribution >= 0.6 is 0 Å². The topological polar surface area (TPSA) is 41.1 Å². The molecule has 4 heteroatoms. The van der Waals surface area contributed by atoms with Gasteiger partial charge in [0.15, 0.2) is 0 Å². The van der Waals surface area contributed by atoms with Gasteiger partial charge in [0.25, 0.3) is 0 Å². The van der Waals surface area contributed by atoms with Gasteiger partial charge >= 0.3 is 0 Å². The molecular weight excluding hydrogens is 124 g/mol. The van der Waals surface area contributed by atoms with Gasteiger partial charge in [-0.2, -0.15) is 0 Å². The molecule has 8 heavy (non-hydrogen) atoms. The Labute approximate surface area is 50.4 Å². The van der Waals surface area contributed by atoms with E-state index in [1.54, 1.807) is 7.05 Å². The third-order valence-corrected chi connectivity index (χ3v) is 3.92. The summed E-state index contributed by atoms with van der Waals surface area (Å²) >= 11 is 0. The van der Waals surface area contributed by atoms with Gasteiger partial charge in [0.2, 0.25) is 0 Å². The molecule has 0 aromatic heterocycles. The predicted molar refractivity (Wildman–Crippen MR) is 36.3 cm³/mol. The van der Waals surface area contributed by atoms with Crippen LogP contribution in [0, 0.1) is 0 Å². The molecule has 1 rings (SSSR count). The maximum absolute atomic E-state index is 11.2. The van der Waals surface area contributed by atoms with E-state index in [2.05, 4.69) is 10.0 Å². The average molecular weight is 136 g/mol. The quantitative estimate of drug-likeness (QED) is 0.392. The van der Waals surface area contributed by atoms with E-state index in [9.17, 15) is 4.21 Å². The lowest BCUT2D eigenvalue weighted by atomic mass is 10.8. The molecule has 0 bridgehead atoms. The van der Waals surface area contributed by atoms with Crippen molar-refractivity contribution in [1.82, 2.24) is 10.0 Å². The van der Waals surface area contributed by atoms with Crippen molar-refractivity contribution in [3.8, 4) is 0 Å². The van der Waals surface area contributed by atoms with Gasteiger partial charge in [0, 0.05) is 12.3 Å². The predicted octanol–water partition coefficient (Wildman–Crippen LogP) is -1.30. The van der Waals surface area contributed by atoms with Gasteiger partial charge in [-0.3, -0.25) is 8.93 Å². The summed E-state index contributed by atoms with van der Waals surface area (Å²) < 4.78 is 14.0. The van der Waals surface area contributed by atoms with Crippen LogP contribution in [0.3, 0.4) is 0 Å². The number of nitrogens with one attached hydrogen (secondary N) is 2. The minimum atomic E-state index is -1.91. The molecule has 0 saturated carbocycles. The molecule has 1 saturated heterocycles. The van der Waals surface area contributed by atoms with Gasteiger partial charge in [-0.05, 0) is 17.2 Å². The highest BCUT2D eigenvalue weighted by molar-refractivity contribution is 8.01. The lowest BCUT2D eigenvalue weighted by Crippen LogP contribution is -2.30. The third-order valence-electron chi connectivity index (χ3n) is 1.42. The van der Waals surface area contributed by atoms with E-state index in [4.69, 9.17) is 0 Å². The smallest absolute Gasteiger partial charge is 0.0614 e. The van der Waals surface area contributed by atoms with Gasteiger partial charge in [0.1, 0.15) is 0 Å². The molecule has 1 aliphatic heterocycles. The summed E-state index contributed by atoms with van der Waals surface area (Å²) in [5.74, 6) is 1.48. The maximum Gasteiger partial charge on any atom is 0.0614 e. The fraction of sp³-hybridized carbons (Fsp3) is 1.00. The summed E-state index contributed by atoms with van der Waals surface area (Å²) in [7, 11) is -0.154. The summed E-state index contributed by atoms with van der Waals surface area (Å²) in [6.45, 7) is 0.901. The van der Waals surface area contributed by atoms with Crippen LogP contribution in [-0.2, 0) is 10.1 Å². The van der Waals surface area contributed by atoms with Crippen LogP contribution in [0.1, 0.15) is 0 Å². The first kappa shape index (κ1) is 6.19. The van der Waals surface area contributed by atoms with E-state index in [0.717, 1.165) is 12.3 Å². The van der Waals surface area contributed by atoms with Crippen molar-refractivity contribution in [3.05, 3.63) is 0 Å². The Morgan fingerprint density at radius 2 is 2.50 bits per heavy atom. The summed E-state index contributed by atoms with van der Waals surface area (Å²) in [5.41, 5.74) is 0. The van der Waals surface area contributed by atoms with Crippen molar-refractivity contribution < 1.29 is 4.21 Å². The Morgan fingerprint density at radius 1 is 1.75 bits per heavy atom. The molecule has 0 spiro atoms. The highest BCUT2D eigenvalue weighted by atomic mass is 32.3. The van der Waals surface area contributed by atoms with Crippen molar-refractivity contribution in [1.29, 1.82) is 0 Å². The monoisotopic (exact) mass is 136 g/mol. The Kier molecular flexibility index (Phi) is 1.65. The minimum absolute atomic E-state index is 0.670. The van der Waals surface area contributed by atoms with E-state index in [-0.39, 0.29) is 0 Å². The molecule has 50 valence electrons. The molecule has 3 nitrogen and oxygen atoms in total. The molecule has 1 aliphatic rings. The Hall–Kier alpha value is 0.0700. The average Bonchev–Trinajstić information content (AvgIpc) is 2.17. The van der Waals surface area contributed by atoms with Gasteiger partial charge in [-0.25, -0.2) is 0 Å². The van der Waals surface area contributed by atoms with Crippen molar-refractivity contribution in [2.45, 2.75) is 0 Å². The summed E-state index contributed by atoms with van der Waals surface area (Å²) in [6, 6.07) is 0. The first-order chi connectivity index (χ1) is 3.77. The molecule has 1 heterocycles. The number of hydrogen-bond acceptors (Lipinski definition) is 2. The summed E-state index contributed by atoms with van der Waals surface area (Å²) in [4.78, 5) is 0. The van der Waals surface area contributed by atoms with E-state index < -0.39 is 10.1 Å². The molecule has 0 amide bonds. The second kappa shape index (κ2) is 2.13. The normalized spacial score (nSPS) is 30.1. The van der Waals surface area contributed by atoms with Crippen LogP contribution in [-0.4, -0.2) is 29.4 Å². The Bertz CT molecular complexity index is 115. The zero-order valence-corrected chi connectivity index (χ0v) is 5.87. The lowest BCUT2D eigenvalue weighted by Gasteiger charge is -2.13. The number of hydrogen-bond donors (Lipinski definition) is 3. The van der Waals surface area contributed by atoms with Gasteiger partial charge in [0.05, 0.1) is 5.88 Å². The highest BCUT2D eigenvalue weighted by Gasteiger charge is 2.16. The van der Waals surface area contributed by atoms with Crippen molar-refractivity contribution >= 4 is 10.1 Å². The van der Waals surface area contributed by atoms with E-state index in [1.807, 2.05) is 0 Å². The molecule has 1 fully saturated rings. The molecule has 0 radical (unpaired) electrons. The zero-order valence-electron chi connectivity index (χ0n) is 4.98. The molecule has 2 N–H and O–H groups in total. The maximum atomic E-state index is 11.2. The minimum Gasteiger partial charge on any atom is -0.306 e. The fourth-order valence-electron chi connectivity index (χ4n) is 0.789. The molecule has 0 aromatic rings. The van der Waals surface area contributed by atoms with Crippen LogP contribution in [0.15, 0.2) is 0 Å². The highest BCUT2D eigenvalue weighted by Crippen LogP contribution is 2.00. The lowest BCUT2D eigenvalue weighted by molar-refractivity contribution is 0.668. The zero-order chi connectivity index (χ0) is 6.04. The Morgan fingerprint density at radius 3 is 2.75 bits per heavy atom. The Balaban J connectivity index is 2.53. The second-order valence-corrected chi connectivity index (χ2v) is 4.98. The number of thiol groups is 1. The van der Waals surface area contributed by atoms with Gasteiger partial charge < -0.3 is 5.32 Å². The molecule has 0 aliphatic carbocycles. The fourth-order valence-corrected chi connectivity index (χ4v) is 2.37. The summed E-state index contributed by atoms with van der Waals surface area (Å²) in [5, 5.41) is 3.04. The van der Waals surface area contributed by atoms with Crippen LogP contribution < -0.4 is 10.0 Å². The first-order valence-electron chi connectivity index (χ1n) is 2.75. The largest absolute Gasteiger partial charge is 0.306 e. The van der Waals surface area contributed by atoms with Crippen LogP contribution in [0.5, 0.6) is 0 Å². The SMILES string of the molecule is CN[SH]1(=O)CCNC1. The third kappa shape index (κ3) is 1.07. The van der Waals surface area contributed by atoms with Gasteiger partial charge in [-0.1, -0.05) is 0 Å². The van der Waals surface area contributed by atoms with Crippen LogP contribution in [0.25, 0.3) is 0 Å². The van der Waals surface area contributed by atoms with E-state index in [1.165, 1.54) is 0 Å². The molecule has 0 aromatic carbocycles. The van der Waals surface area contributed by atoms with Gasteiger partial charge in [-0.15, -0.1) is 0 Å². The summed E-state index contributed by atoms with van der Waals surface area (Å²) in [6.07, 6.45) is 0. The molecule has 0 unspecified atom stereocenters.